The Kier molecular flexibility index (Phi) is 6.27. The summed E-state index contributed by atoms with van der Waals surface area (Å²) in [4.78, 5) is 22.5. The molecule has 1 aliphatic carbocycles. The molecular weight excluding hydrogens is 470 g/mol. The third-order valence-corrected chi connectivity index (χ3v) is 8.85. The van der Waals surface area contributed by atoms with Crippen molar-refractivity contribution >= 4 is 24.0 Å². The van der Waals surface area contributed by atoms with E-state index < -0.39 is 17.5 Å². The summed E-state index contributed by atoms with van der Waals surface area (Å²) >= 11 is 0. The summed E-state index contributed by atoms with van der Waals surface area (Å²) in [6, 6.07) is 6.17. The first-order chi connectivity index (χ1) is 17.9. The molecule has 4 aliphatic rings. The van der Waals surface area contributed by atoms with Crippen LogP contribution in [0.3, 0.4) is 0 Å². The van der Waals surface area contributed by atoms with Crippen molar-refractivity contribution in [1.82, 2.24) is 14.8 Å². The first-order valence-corrected chi connectivity index (χ1v) is 13.5. The highest BCUT2D eigenvalue weighted by atomic mass is 19.1. The number of halogens is 2. The minimum Gasteiger partial charge on any atom is -0.301 e. The van der Waals surface area contributed by atoms with E-state index in [1.165, 1.54) is 18.6 Å². The van der Waals surface area contributed by atoms with Crippen LogP contribution in [0.4, 0.5) is 14.5 Å². The molecule has 8 heteroatoms. The van der Waals surface area contributed by atoms with Crippen molar-refractivity contribution in [2.45, 2.75) is 63.2 Å². The van der Waals surface area contributed by atoms with Crippen LogP contribution in [-0.4, -0.2) is 65.8 Å². The highest BCUT2D eigenvalue weighted by molar-refractivity contribution is 6.00. The number of benzene rings is 1. The van der Waals surface area contributed by atoms with Gasteiger partial charge in [-0.25, -0.2) is 13.8 Å². The molecule has 194 valence electrons. The van der Waals surface area contributed by atoms with E-state index in [9.17, 15) is 0 Å². The van der Waals surface area contributed by atoms with Crippen LogP contribution in [0, 0.1) is 5.82 Å². The van der Waals surface area contributed by atoms with Gasteiger partial charge in [-0.1, -0.05) is 31.9 Å². The number of fused-ring (bicyclic) bond motifs is 2. The molecule has 3 aliphatic heterocycles. The van der Waals surface area contributed by atoms with Crippen LogP contribution in [0.2, 0.25) is 0 Å². The van der Waals surface area contributed by atoms with Gasteiger partial charge in [0.1, 0.15) is 23.9 Å². The van der Waals surface area contributed by atoms with Crippen LogP contribution in [0.1, 0.15) is 68.0 Å². The summed E-state index contributed by atoms with van der Waals surface area (Å²) in [7, 11) is 0. The average Bonchev–Trinajstić information content (AvgIpc) is 3.52. The number of hydrogen-bond donors (Lipinski definition) is 0. The fourth-order valence-corrected chi connectivity index (χ4v) is 6.70. The highest BCUT2D eigenvalue weighted by Crippen LogP contribution is 2.53. The van der Waals surface area contributed by atoms with E-state index in [-0.39, 0.29) is 5.41 Å². The summed E-state index contributed by atoms with van der Waals surface area (Å²) in [6.07, 6.45) is 8.35. The highest BCUT2D eigenvalue weighted by Gasteiger charge is 2.48. The topological polar surface area (TPSA) is 56.5 Å². The van der Waals surface area contributed by atoms with Crippen molar-refractivity contribution in [2.75, 3.05) is 32.7 Å². The Bertz CT molecular complexity index is 1270. The molecular formula is C29H34F2N6. The molecule has 4 heterocycles. The maximum atomic E-state index is 17.2. The third-order valence-electron chi connectivity index (χ3n) is 8.85. The van der Waals surface area contributed by atoms with Gasteiger partial charge in [0.15, 0.2) is 0 Å². The molecule has 1 saturated carbocycles. The zero-order valence-electron chi connectivity index (χ0n) is 21.6. The Morgan fingerprint density at radius 1 is 1.08 bits per heavy atom. The van der Waals surface area contributed by atoms with Crippen LogP contribution in [0.5, 0.6) is 0 Å². The predicted octanol–water partition coefficient (Wildman–Crippen LogP) is 5.29. The Balaban J connectivity index is 1.37. The Hall–Kier alpha value is -2.84. The minimum atomic E-state index is -2.09. The molecule has 2 fully saturated rings. The molecule has 0 radical (unpaired) electrons. The molecule has 2 atom stereocenters. The summed E-state index contributed by atoms with van der Waals surface area (Å²) in [5.41, 5.74) is 1.55. The van der Waals surface area contributed by atoms with Gasteiger partial charge in [0, 0.05) is 50.0 Å². The first kappa shape index (κ1) is 24.5. The molecule has 1 saturated heterocycles. The first-order valence-electron chi connectivity index (χ1n) is 13.5. The minimum absolute atomic E-state index is 0.242. The van der Waals surface area contributed by atoms with Crippen molar-refractivity contribution in [2.24, 2.45) is 15.0 Å². The lowest BCUT2D eigenvalue weighted by Crippen LogP contribution is -2.46. The lowest BCUT2D eigenvalue weighted by Gasteiger charge is -2.36. The molecule has 0 amide bonds. The van der Waals surface area contributed by atoms with Crippen molar-refractivity contribution in [1.29, 1.82) is 0 Å². The quantitative estimate of drug-likeness (QED) is 0.556. The molecule has 1 aromatic carbocycles. The number of alkyl halides is 1. The molecule has 2 unspecified atom stereocenters. The monoisotopic (exact) mass is 504 g/mol. The number of aromatic nitrogens is 1. The third kappa shape index (κ3) is 4.05. The van der Waals surface area contributed by atoms with Crippen molar-refractivity contribution in [3.05, 3.63) is 58.7 Å². The van der Waals surface area contributed by atoms with E-state index in [1.54, 1.807) is 6.20 Å². The van der Waals surface area contributed by atoms with Crippen LogP contribution in [0.25, 0.3) is 0 Å². The van der Waals surface area contributed by atoms with Gasteiger partial charge in [0.2, 0.25) is 5.67 Å². The van der Waals surface area contributed by atoms with E-state index in [1.807, 2.05) is 25.1 Å². The van der Waals surface area contributed by atoms with Crippen LogP contribution >= 0.6 is 0 Å². The van der Waals surface area contributed by atoms with E-state index >= 15 is 8.78 Å². The molecule has 1 spiro atoms. The smallest absolute Gasteiger partial charge is 0.214 e. The van der Waals surface area contributed by atoms with Crippen LogP contribution < -0.4 is 0 Å². The molecule has 0 bridgehead atoms. The van der Waals surface area contributed by atoms with Crippen LogP contribution in [-0.2, 0) is 17.6 Å². The number of aliphatic imine (C=N–C) groups is 3. The summed E-state index contributed by atoms with van der Waals surface area (Å²) in [5, 5.41) is 0. The van der Waals surface area contributed by atoms with Gasteiger partial charge in [0.05, 0.1) is 11.9 Å². The molecule has 37 heavy (non-hydrogen) atoms. The number of likely N-dealkylation sites (N-methyl/N-ethyl adjacent to an activating group) is 1. The van der Waals surface area contributed by atoms with Crippen molar-refractivity contribution in [3.63, 3.8) is 0 Å². The second-order valence-electron chi connectivity index (χ2n) is 10.8. The maximum absolute atomic E-state index is 17.2. The summed E-state index contributed by atoms with van der Waals surface area (Å²) in [5.74, 6) is -0.411. The van der Waals surface area contributed by atoms with E-state index in [2.05, 4.69) is 36.7 Å². The van der Waals surface area contributed by atoms with Crippen LogP contribution in [0.15, 0.2) is 45.4 Å². The summed E-state index contributed by atoms with van der Waals surface area (Å²) < 4.78 is 32.7. The lowest BCUT2D eigenvalue weighted by molar-refractivity contribution is 0.129. The average molecular weight is 505 g/mol. The number of piperazine rings is 1. The molecule has 6 rings (SSSR count). The Morgan fingerprint density at radius 3 is 2.59 bits per heavy atom. The fraction of sp³-hybridized carbons (Fsp3) is 0.517. The molecule has 1 aromatic heterocycles. The number of pyridine rings is 1. The maximum Gasteiger partial charge on any atom is 0.214 e. The van der Waals surface area contributed by atoms with E-state index in [0.717, 1.165) is 75.2 Å². The second-order valence-corrected chi connectivity index (χ2v) is 10.8. The second kappa shape index (κ2) is 9.48. The van der Waals surface area contributed by atoms with Gasteiger partial charge in [-0.3, -0.25) is 19.9 Å². The normalized spacial score (nSPS) is 27.1. The van der Waals surface area contributed by atoms with Crippen molar-refractivity contribution in [3.8, 4) is 0 Å². The fourth-order valence-electron chi connectivity index (χ4n) is 6.70. The van der Waals surface area contributed by atoms with Gasteiger partial charge in [-0.15, -0.1) is 0 Å². The molecule has 2 aromatic rings. The van der Waals surface area contributed by atoms with Gasteiger partial charge in [0.25, 0.3) is 0 Å². The van der Waals surface area contributed by atoms with Gasteiger partial charge >= 0.3 is 0 Å². The van der Waals surface area contributed by atoms with Gasteiger partial charge in [-0.2, -0.15) is 0 Å². The predicted molar refractivity (Wildman–Crippen MR) is 143 cm³/mol. The standard InChI is InChI=1S/C29H34F2N6/c1-3-36-11-13-37(14-12-36)17-21-7-6-10-33-26(21)29(31)18-32-19-34-27(29)22-15-23-25(24(30)16-22)35-20(2)28(23)8-4-5-9-28/h6-7,10,15-16,18-19,27H,3-5,8-9,11-14,17H2,1-2H3. The van der Waals surface area contributed by atoms with Gasteiger partial charge in [-0.05, 0) is 55.1 Å². The van der Waals surface area contributed by atoms with Crippen molar-refractivity contribution < 1.29 is 8.78 Å². The Labute approximate surface area is 217 Å². The number of rotatable bonds is 5. The largest absolute Gasteiger partial charge is 0.301 e. The van der Waals surface area contributed by atoms with Gasteiger partial charge < -0.3 is 4.90 Å². The Morgan fingerprint density at radius 2 is 1.84 bits per heavy atom. The molecule has 6 nitrogen and oxygen atoms in total. The number of hydrogen-bond acceptors (Lipinski definition) is 6. The molecule has 0 N–H and O–H groups in total. The summed E-state index contributed by atoms with van der Waals surface area (Å²) in [6.45, 7) is 9.66. The van der Waals surface area contributed by atoms with E-state index in [0.29, 0.717) is 23.5 Å². The zero-order valence-corrected chi connectivity index (χ0v) is 21.6. The number of nitrogens with zero attached hydrogens (tertiary/aromatic N) is 6. The zero-order chi connectivity index (χ0) is 25.6. The SMILES string of the molecule is CCN1CCN(Cc2cccnc2C2(F)C=NC=NC2c2cc(F)c3c(c2)C2(CCCC2)C(C)=N3)CC1. The van der Waals surface area contributed by atoms with E-state index in [4.69, 9.17) is 0 Å². The lowest BCUT2D eigenvalue weighted by atomic mass is 9.75.